The Hall–Kier alpha value is -2.09. The van der Waals surface area contributed by atoms with Crippen molar-refractivity contribution in [3.05, 3.63) is 34.3 Å². The maximum absolute atomic E-state index is 12.8. The summed E-state index contributed by atoms with van der Waals surface area (Å²) in [4.78, 5) is 42.5. The number of piperazine rings is 1. The molecule has 0 aromatic heterocycles. The monoisotopic (exact) mass is 451 g/mol. The van der Waals surface area contributed by atoms with Crippen molar-refractivity contribution >= 4 is 33.8 Å². The maximum atomic E-state index is 12.8. The quantitative estimate of drug-likeness (QED) is 0.707. The van der Waals surface area contributed by atoms with Gasteiger partial charge < -0.3 is 19.4 Å². The highest BCUT2D eigenvalue weighted by molar-refractivity contribution is 9.10. The average molecular weight is 452 g/mol. The molecule has 2 aliphatic rings. The first kappa shape index (κ1) is 20.6. The van der Waals surface area contributed by atoms with Gasteiger partial charge in [0.25, 0.3) is 5.91 Å². The molecule has 1 aromatic rings. The van der Waals surface area contributed by atoms with E-state index in [1.165, 1.54) is 0 Å². The molecule has 3 rings (SSSR count). The molecule has 0 atom stereocenters. The van der Waals surface area contributed by atoms with Crippen LogP contribution in [-0.2, 0) is 9.53 Å². The van der Waals surface area contributed by atoms with Crippen molar-refractivity contribution in [2.75, 3.05) is 45.9 Å². The van der Waals surface area contributed by atoms with Crippen LogP contribution in [-0.4, -0.2) is 78.5 Å². The molecule has 2 heterocycles. The molecule has 8 heteroatoms. The van der Waals surface area contributed by atoms with Gasteiger partial charge in [0.1, 0.15) is 0 Å². The van der Waals surface area contributed by atoms with Gasteiger partial charge in [0.15, 0.2) is 0 Å². The number of carbonyl (C=O) groups excluding carboxylic acids is 3. The first-order chi connectivity index (χ1) is 13.5. The van der Waals surface area contributed by atoms with E-state index < -0.39 is 0 Å². The van der Waals surface area contributed by atoms with E-state index in [2.05, 4.69) is 15.9 Å². The standard InChI is InChI=1S/C20H26BrN3O4/c1-2-28-20(27)24-13-11-23(12-14-24)19(26)16-7-9-22(10-8-16)18(25)15-3-5-17(21)6-4-15/h3-6,16H,2,7-14H2,1H3. The molecule has 0 N–H and O–H groups in total. The minimum atomic E-state index is -0.311. The Labute approximate surface area is 173 Å². The van der Waals surface area contributed by atoms with Crippen LogP contribution in [0, 0.1) is 5.92 Å². The van der Waals surface area contributed by atoms with Gasteiger partial charge in [-0.25, -0.2) is 4.79 Å². The summed E-state index contributed by atoms with van der Waals surface area (Å²) >= 11 is 3.38. The van der Waals surface area contributed by atoms with E-state index in [0.717, 1.165) is 4.47 Å². The van der Waals surface area contributed by atoms with Gasteiger partial charge in [-0.1, -0.05) is 15.9 Å². The molecule has 0 saturated carbocycles. The molecule has 0 unspecified atom stereocenters. The first-order valence-electron chi connectivity index (χ1n) is 9.75. The Morgan fingerprint density at radius 1 is 0.929 bits per heavy atom. The number of hydrogen-bond donors (Lipinski definition) is 0. The number of carbonyl (C=O) groups is 3. The number of nitrogens with zero attached hydrogens (tertiary/aromatic N) is 3. The van der Waals surface area contributed by atoms with Crippen LogP contribution in [0.3, 0.4) is 0 Å². The number of piperidine rings is 1. The summed E-state index contributed by atoms with van der Waals surface area (Å²) in [6.07, 6.45) is 1.05. The van der Waals surface area contributed by atoms with E-state index in [0.29, 0.717) is 64.3 Å². The topological polar surface area (TPSA) is 70.2 Å². The highest BCUT2D eigenvalue weighted by Crippen LogP contribution is 2.22. The Morgan fingerprint density at radius 2 is 1.50 bits per heavy atom. The van der Waals surface area contributed by atoms with Crippen LogP contribution < -0.4 is 0 Å². The summed E-state index contributed by atoms with van der Waals surface area (Å²) in [5.41, 5.74) is 0.670. The third-order valence-electron chi connectivity index (χ3n) is 5.34. The molecule has 2 aliphatic heterocycles. The van der Waals surface area contributed by atoms with Crippen molar-refractivity contribution in [1.82, 2.24) is 14.7 Å². The average Bonchev–Trinajstić information content (AvgIpc) is 2.74. The van der Waals surface area contributed by atoms with Gasteiger partial charge in [0.2, 0.25) is 5.91 Å². The molecule has 0 bridgehead atoms. The third-order valence-corrected chi connectivity index (χ3v) is 5.87. The van der Waals surface area contributed by atoms with E-state index in [1.54, 1.807) is 11.8 Å². The van der Waals surface area contributed by atoms with Crippen LogP contribution in [0.5, 0.6) is 0 Å². The number of ether oxygens (including phenoxy) is 1. The smallest absolute Gasteiger partial charge is 0.409 e. The van der Waals surface area contributed by atoms with E-state index in [4.69, 9.17) is 4.74 Å². The molecule has 0 spiro atoms. The number of halogens is 1. The fraction of sp³-hybridized carbons (Fsp3) is 0.550. The SMILES string of the molecule is CCOC(=O)N1CCN(C(=O)C2CCN(C(=O)c3ccc(Br)cc3)CC2)CC1. The summed E-state index contributed by atoms with van der Waals surface area (Å²) in [6, 6.07) is 7.35. The highest BCUT2D eigenvalue weighted by atomic mass is 79.9. The summed E-state index contributed by atoms with van der Waals surface area (Å²) in [5.74, 6) is 0.101. The minimum Gasteiger partial charge on any atom is -0.450 e. The molecule has 28 heavy (non-hydrogen) atoms. The lowest BCUT2D eigenvalue weighted by atomic mass is 9.94. The first-order valence-corrected chi connectivity index (χ1v) is 10.5. The summed E-state index contributed by atoms with van der Waals surface area (Å²) in [7, 11) is 0. The molecular formula is C20H26BrN3O4. The largest absolute Gasteiger partial charge is 0.450 e. The van der Waals surface area contributed by atoms with Gasteiger partial charge >= 0.3 is 6.09 Å². The molecule has 2 fully saturated rings. The van der Waals surface area contributed by atoms with Crippen LogP contribution in [0.2, 0.25) is 0 Å². The molecule has 7 nitrogen and oxygen atoms in total. The molecule has 2 saturated heterocycles. The zero-order valence-electron chi connectivity index (χ0n) is 16.1. The minimum absolute atomic E-state index is 0.0152. The lowest BCUT2D eigenvalue weighted by Gasteiger charge is -2.38. The molecule has 152 valence electrons. The predicted octanol–water partition coefficient (Wildman–Crippen LogP) is 2.60. The number of rotatable bonds is 3. The third kappa shape index (κ3) is 4.84. The van der Waals surface area contributed by atoms with Crippen molar-refractivity contribution in [3.63, 3.8) is 0 Å². The van der Waals surface area contributed by atoms with Crippen LogP contribution in [0.15, 0.2) is 28.7 Å². The number of benzene rings is 1. The van der Waals surface area contributed by atoms with E-state index in [9.17, 15) is 14.4 Å². The van der Waals surface area contributed by atoms with Gasteiger partial charge in [0.05, 0.1) is 6.61 Å². The predicted molar refractivity (Wildman–Crippen MR) is 108 cm³/mol. The zero-order valence-corrected chi connectivity index (χ0v) is 17.7. The molecular weight excluding hydrogens is 426 g/mol. The van der Waals surface area contributed by atoms with E-state index >= 15 is 0 Å². The number of likely N-dealkylation sites (tertiary alicyclic amines) is 1. The lowest BCUT2D eigenvalue weighted by molar-refractivity contribution is -0.138. The van der Waals surface area contributed by atoms with Crippen molar-refractivity contribution in [2.45, 2.75) is 19.8 Å². The van der Waals surface area contributed by atoms with Crippen molar-refractivity contribution in [3.8, 4) is 0 Å². The second-order valence-corrected chi connectivity index (χ2v) is 8.00. The molecule has 3 amide bonds. The molecule has 0 aliphatic carbocycles. The highest BCUT2D eigenvalue weighted by Gasteiger charge is 2.32. The lowest BCUT2D eigenvalue weighted by Crippen LogP contribution is -2.53. The summed E-state index contributed by atoms with van der Waals surface area (Å²) in [6.45, 7) is 5.41. The van der Waals surface area contributed by atoms with Crippen LogP contribution in [0.4, 0.5) is 4.79 Å². The van der Waals surface area contributed by atoms with Crippen LogP contribution >= 0.6 is 15.9 Å². The number of amides is 3. The van der Waals surface area contributed by atoms with E-state index in [-0.39, 0.29) is 23.8 Å². The van der Waals surface area contributed by atoms with Crippen molar-refractivity contribution in [1.29, 1.82) is 0 Å². The second kappa shape index (κ2) is 9.41. The van der Waals surface area contributed by atoms with Gasteiger partial charge in [-0.2, -0.15) is 0 Å². The summed E-state index contributed by atoms with van der Waals surface area (Å²) < 4.78 is 5.96. The van der Waals surface area contributed by atoms with Crippen LogP contribution in [0.25, 0.3) is 0 Å². The van der Waals surface area contributed by atoms with Crippen molar-refractivity contribution in [2.24, 2.45) is 5.92 Å². The Balaban J connectivity index is 1.47. The number of hydrogen-bond acceptors (Lipinski definition) is 4. The van der Waals surface area contributed by atoms with Gasteiger partial charge in [-0.05, 0) is 44.0 Å². The zero-order chi connectivity index (χ0) is 20.1. The second-order valence-electron chi connectivity index (χ2n) is 7.08. The van der Waals surface area contributed by atoms with Crippen LogP contribution in [0.1, 0.15) is 30.1 Å². The summed E-state index contributed by atoms with van der Waals surface area (Å²) in [5, 5.41) is 0. The van der Waals surface area contributed by atoms with E-state index in [1.807, 2.05) is 34.1 Å². The Bertz CT molecular complexity index is 709. The van der Waals surface area contributed by atoms with Gasteiger partial charge in [0, 0.05) is 55.2 Å². The Kier molecular flexibility index (Phi) is 6.93. The Morgan fingerprint density at radius 3 is 2.07 bits per heavy atom. The van der Waals surface area contributed by atoms with Gasteiger partial charge in [-0.3, -0.25) is 9.59 Å². The molecule has 0 radical (unpaired) electrons. The fourth-order valence-corrected chi connectivity index (χ4v) is 3.95. The fourth-order valence-electron chi connectivity index (χ4n) is 3.69. The molecule has 1 aromatic carbocycles. The maximum Gasteiger partial charge on any atom is 0.409 e. The van der Waals surface area contributed by atoms with Crippen molar-refractivity contribution < 1.29 is 19.1 Å². The normalized spacial score (nSPS) is 18.1. The van der Waals surface area contributed by atoms with Gasteiger partial charge in [-0.15, -0.1) is 0 Å².